The fourth-order valence-corrected chi connectivity index (χ4v) is 5.94. The molecule has 36 heavy (non-hydrogen) atoms. The van der Waals surface area contributed by atoms with Crippen molar-refractivity contribution in [3.8, 4) is 0 Å². The van der Waals surface area contributed by atoms with Crippen LogP contribution in [0.3, 0.4) is 0 Å². The molecule has 1 amide bonds. The van der Waals surface area contributed by atoms with E-state index in [1.54, 1.807) is 0 Å². The maximum Gasteiger partial charge on any atom is 0.249 e. The number of allylic oxidation sites excluding steroid dienone is 1. The number of piperidine rings is 1. The standard InChI is InChI=1S/C29H31Cl2N3O2/c1-4-15-29(3)17-23(20-7-6-8-22(31)16-20)25(18-11-13-21(30)14-12-18)34(28(29)35)24(5-2)27-32-26(33-36-27)19-9-10-19/h4,6-8,11-14,16,19,23-25H,1,5,9-10,15,17H2,2-3H3/t23-,24+,25-,29+/m1/s1. The molecular weight excluding hydrogens is 493 g/mol. The highest BCUT2D eigenvalue weighted by Crippen LogP contribution is 2.54. The number of aromatic nitrogens is 2. The van der Waals surface area contributed by atoms with Gasteiger partial charge in [0.15, 0.2) is 5.82 Å². The Bertz CT molecular complexity index is 1250. The van der Waals surface area contributed by atoms with E-state index in [9.17, 15) is 4.79 Å². The van der Waals surface area contributed by atoms with Gasteiger partial charge in [-0.2, -0.15) is 4.98 Å². The fraction of sp³-hybridized carbons (Fsp3) is 0.414. The van der Waals surface area contributed by atoms with Crippen LogP contribution in [0.15, 0.2) is 65.7 Å². The van der Waals surface area contributed by atoms with Gasteiger partial charge in [-0.1, -0.05) is 72.5 Å². The van der Waals surface area contributed by atoms with Crippen molar-refractivity contribution in [3.05, 3.63) is 94.1 Å². The third kappa shape index (κ3) is 4.71. The van der Waals surface area contributed by atoms with Gasteiger partial charge in [0.2, 0.25) is 11.8 Å². The fourth-order valence-electron chi connectivity index (χ4n) is 5.61. The summed E-state index contributed by atoms with van der Waals surface area (Å²) >= 11 is 12.7. The Kier molecular flexibility index (Phi) is 6.97. The van der Waals surface area contributed by atoms with Crippen molar-refractivity contribution in [2.45, 2.75) is 69.9 Å². The number of benzene rings is 2. The van der Waals surface area contributed by atoms with Crippen LogP contribution in [0.5, 0.6) is 0 Å². The second-order valence-corrected chi connectivity index (χ2v) is 11.2. The molecule has 2 heterocycles. The number of likely N-dealkylation sites (tertiary alicyclic amines) is 1. The zero-order chi connectivity index (χ0) is 25.4. The van der Waals surface area contributed by atoms with Crippen LogP contribution in [-0.2, 0) is 4.79 Å². The zero-order valence-corrected chi connectivity index (χ0v) is 22.2. The molecule has 5 rings (SSSR count). The molecule has 188 valence electrons. The molecule has 1 aliphatic heterocycles. The summed E-state index contributed by atoms with van der Waals surface area (Å²) in [5.74, 6) is 1.68. The minimum absolute atomic E-state index is 0.00704. The van der Waals surface area contributed by atoms with E-state index in [-0.39, 0.29) is 23.9 Å². The van der Waals surface area contributed by atoms with Gasteiger partial charge >= 0.3 is 0 Å². The monoisotopic (exact) mass is 523 g/mol. The van der Waals surface area contributed by atoms with Crippen molar-refractivity contribution in [2.24, 2.45) is 5.41 Å². The van der Waals surface area contributed by atoms with Crippen molar-refractivity contribution >= 4 is 29.1 Å². The van der Waals surface area contributed by atoms with E-state index in [1.807, 2.05) is 60.4 Å². The van der Waals surface area contributed by atoms with Crippen LogP contribution in [0.1, 0.15) is 92.7 Å². The van der Waals surface area contributed by atoms with Crippen LogP contribution >= 0.6 is 23.2 Å². The van der Waals surface area contributed by atoms with E-state index in [4.69, 9.17) is 32.7 Å². The van der Waals surface area contributed by atoms with Gasteiger partial charge in [-0.05, 0) is 67.5 Å². The Hall–Kier alpha value is -2.63. The lowest BCUT2D eigenvalue weighted by Crippen LogP contribution is -2.53. The molecule has 7 heteroatoms. The molecule has 3 aromatic rings. The summed E-state index contributed by atoms with van der Waals surface area (Å²) in [7, 11) is 0. The molecule has 2 aromatic carbocycles. The molecule has 0 unspecified atom stereocenters. The lowest BCUT2D eigenvalue weighted by atomic mass is 9.67. The summed E-state index contributed by atoms with van der Waals surface area (Å²) in [5.41, 5.74) is 1.47. The average molecular weight is 524 g/mol. The highest BCUT2D eigenvalue weighted by molar-refractivity contribution is 6.30. The topological polar surface area (TPSA) is 59.2 Å². The predicted molar refractivity (Wildman–Crippen MR) is 142 cm³/mol. The lowest BCUT2D eigenvalue weighted by Gasteiger charge is -2.51. The van der Waals surface area contributed by atoms with Crippen molar-refractivity contribution in [1.29, 1.82) is 0 Å². The number of hydrogen-bond donors (Lipinski definition) is 0. The van der Waals surface area contributed by atoms with E-state index >= 15 is 0 Å². The molecule has 0 N–H and O–H groups in total. The summed E-state index contributed by atoms with van der Waals surface area (Å²) in [6.45, 7) is 8.06. The molecule has 1 saturated heterocycles. The molecule has 4 atom stereocenters. The van der Waals surface area contributed by atoms with Gasteiger partial charge in [0.05, 0.1) is 11.5 Å². The first-order chi connectivity index (χ1) is 17.3. The Morgan fingerprint density at radius 3 is 2.56 bits per heavy atom. The van der Waals surface area contributed by atoms with Crippen molar-refractivity contribution < 1.29 is 9.32 Å². The molecule has 2 fully saturated rings. The Morgan fingerprint density at radius 1 is 1.17 bits per heavy atom. The van der Waals surface area contributed by atoms with Crippen molar-refractivity contribution in [2.75, 3.05) is 0 Å². The zero-order valence-electron chi connectivity index (χ0n) is 20.7. The average Bonchev–Trinajstić information content (AvgIpc) is 3.60. The summed E-state index contributed by atoms with van der Waals surface area (Å²) in [6, 6.07) is 15.1. The summed E-state index contributed by atoms with van der Waals surface area (Å²) < 4.78 is 5.79. The molecule has 1 aliphatic carbocycles. The first-order valence-electron chi connectivity index (χ1n) is 12.6. The van der Waals surface area contributed by atoms with E-state index < -0.39 is 5.41 Å². The molecule has 0 spiro atoms. The predicted octanol–water partition coefficient (Wildman–Crippen LogP) is 8.04. The van der Waals surface area contributed by atoms with Gasteiger partial charge in [-0.25, -0.2) is 0 Å². The molecular formula is C29H31Cl2N3O2. The highest BCUT2D eigenvalue weighted by Gasteiger charge is 2.52. The maximum absolute atomic E-state index is 14.4. The van der Waals surface area contributed by atoms with Gasteiger partial charge < -0.3 is 9.42 Å². The Labute approximate surface area is 222 Å². The Balaban J connectivity index is 1.68. The third-order valence-corrected chi connectivity index (χ3v) is 8.08. The number of rotatable bonds is 8. The second kappa shape index (κ2) is 10.0. The smallest absolute Gasteiger partial charge is 0.249 e. The van der Waals surface area contributed by atoms with E-state index in [0.29, 0.717) is 41.1 Å². The SMILES string of the molecule is C=CC[C@@]1(C)C[C@H](c2cccc(Cl)c2)[C@@H](c2ccc(Cl)cc2)N([C@@H](CC)c2nc(C3CC3)no2)C1=O. The minimum atomic E-state index is -0.635. The summed E-state index contributed by atoms with van der Waals surface area (Å²) in [5, 5.41) is 5.59. The number of amides is 1. The van der Waals surface area contributed by atoms with Gasteiger partial charge in [-0.15, -0.1) is 6.58 Å². The molecule has 0 bridgehead atoms. The van der Waals surface area contributed by atoms with Gasteiger partial charge in [0.25, 0.3) is 0 Å². The summed E-state index contributed by atoms with van der Waals surface area (Å²) in [6.07, 6.45) is 5.89. The highest BCUT2D eigenvalue weighted by atomic mass is 35.5. The molecule has 2 aliphatic rings. The van der Waals surface area contributed by atoms with Crippen molar-refractivity contribution in [1.82, 2.24) is 15.0 Å². The van der Waals surface area contributed by atoms with Crippen LogP contribution in [0, 0.1) is 5.41 Å². The van der Waals surface area contributed by atoms with Gasteiger partial charge in [0, 0.05) is 21.9 Å². The quantitative estimate of drug-likeness (QED) is 0.280. The van der Waals surface area contributed by atoms with Gasteiger partial charge in [-0.3, -0.25) is 4.79 Å². The van der Waals surface area contributed by atoms with E-state index in [2.05, 4.69) is 24.7 Å². The Morgan fingerprint density at radius 2 is 1.92 bits per heavy atom. The minimum Gasteiger partial charge on any atom is -0.337 e. The lowest BCUT2D eigenvalue weighted by molar-refractivity contribution is -0.155. The second-order valence-electron chi connectivity index (χ2n) is 10.3. The molecule has 5 nitrogen and oxygen atoms in total. The largest absolute Gasteiger partial charge is 0.337 e. The van der Waals surface area contributed by atoms with Crippen LogP contribution in [0.2, 0.25) is 10.0 Å². The van der Waals surface area contributed by atoms with Crippen molar-refractivity contribution in [3.63, 3.8) is 0 Å². The number of carbonyl (C=O) groups excluding carboxylic acids is 1. The maximum atomic E-state index is 14.4. The van der Waals surface area contributed by atoms with E-state index in [1.165, 1.54) is 0 Å². The first-order valence-corrected chi connectivity index (χ1v) is 13.4. The number of hydrogen-bond acceptors (Lipinski definition) is 4. The third-order valence-electron chi connectivity index (χ3n) is 7.59. The normalized spacial score (nSPS) is 25.1. The van der Waals surface area contributed by atoms with Crippen LogP contribution in [0.4, 0.5) is 0 Å². The number of nitrogens with zero attached hydrogens (tertiary/aromatic N) is 3. The van der Waals surface area contributed by atoms with Crippen LogP contribution in [0.25, 0.3) is 0 Å². The molecule has 1 saturated carbocycles. The van der Waals surface area contributed by atoms with Crippen LogP contribution in [-0.4, -0.2) is 20.9 Å². The number of halogens is 2. The van der Waals surface area contributed by atoms with E-state index in [0.717, 1.165) is 29.8 Å². The van der Waals surface area contributed by atoms with Gasteiger partial charge in [0.1, 0.15) is 6.04 Å². The first kappa shape index (κ1) is 25.0. The molecule has 1 aromatic heterocycles. The molecule has 0 radical (unpaired) electrons. The van der Waals surface area contributed by atoms with Crippen LogP contribution < -0.4 is 0 Å². The number of carbonyl (C=O) groups is 1. The summed E-state index contributed by atoms with van der Waals surface area (Å²) in [4.78, 5) is 21.2.